The topological polar surface area (TPSA) is 46.6 Å². The molecule has 2 aromatic rings. The fourth-order valence-electron chi connectivity index (χ4n) is 3.85. The van der Waals surface area contributed by atoms with Crippen molar-refractivity contribution in [1.29, 1.82) is 0 Å². The lowest BCUT2D eigenvalue weighted by molar-refractivity contribution is -0.137. The summed E-state index contributed by atoms with van der Waals surface area (Å²) in [5.74, 6) is -0.179. The minimum absolute atomic E-state index is 0.0799. The third kappa shape index (κ3) is 3.49. The second-order valence-electron chi connectivity index (χ2n) is 6.82. The van der Waals surface area contributed by atoms with Crippen LogP contribution in [0.25, 0.3) is 0 Å². The molecule has 144 valence electrons. The number of halogens is 3. The predicted octanol–water partition coefficient (Wildman–Crippen LogP) is 3.53. The third-order valence-electron chi connectivity index (χ3n) is 5.08. The van der Waals surface area contributed by atoms with Crippen molar-refractivity contribution < 1.29 is 26.3 Å². The molecule has 1 heterocycles. The van der Waals surface area contributed by atoms with E-state index in [0.29, 0.717) is 12.0 Å². The van der Waals surface area contributed by atoms with Gasteiger partial charge in [-0.05, 0) is 22.8 Å². The first-order valence-electron chi connectivity index (χ1n) is 8.61. The average Bonchev–Trinajstić information content (AvgIpc) is 2.91. The van der Waals surface area contributed by atoms with E-state index in [-0.39, 0.29) is 25.0 Å². The van der Waals surface area contributed by atoms with E-state index in [1.807, 2.05) is 24.3 Å². The molecular formula is C19H18F3NO3S. The van der Waals surface area contributed by atoms with Gasteiger partial charge >= 0.3 is 6.18 Å². The molecule has 2 atom stereocenters. The lowest BCUT2D eigenvalue weighted by atomic mass is 10.1. The van der Waals surface area contributed by atoms with Crippen LogP contribution in [-0.2, 0) is 33.9 Å². The van der Waals surface area contributed by atoms with Crippen molar-refractivity contribution in [1.82, 2.24) is 4.31 Å². The highest BCUT2D eigenvalue weighted by molar-refractivity contribution is 7.89. The third-order valence-corrected chi connectivity index (χ3v) is 6.83. The molecule has 27 heavy (non-hydrogen) atoms. The molecule has 0 spiro atoms. The maximum absolute atomic E-state index is 13.0. The summed E-state index contributed by atoms with van der Waals surface area (Å²) in [6.45, 7) is -0.0400. The lowest BCUT2D eigenvalue weighted by Crippen LogP contribution is -2.37. The first kappa shape index (κ1) is 18.5. The van der Waals surface area contributed by atoms with Gasteiger partial charge in [0, 0.05) is 13.0 Å². The Kier molecular flexibility index (Phi) is 4.52. The largest absolute Gasteiger partial charge is 0.416 e. The van der Waals surface area contributed by atoms with Crippen LogP contribution >= 0.6 is 0 Å². The summed E-state index contributed by atoms with van der Waals surface area (Å²) in [6, 6.07) is 11.8. The summed E-state index contributed by atoms with van der Waals surface area (Å²) in [5.41, 5.74) is 1.39. The first-order valence-corrected chi connectivity index (χ1v) is 10.2. The number of alkyl halides is 3. The summed E-state index contributed by atoms with van der Waals surface area (Å²) in [6.07, 6.45) is -4.21. The Balaban J connectivity index is 1.74. The molecule has 1 aliphatic heterocycles. The van der Waals surface area contributed by atoms with Gasteiger partial charge in [0.2, 0.25) is 10.0 Å². The number of sulfonamides is 1. The minimum atomic E-state index is -4.47. The summed E-state index contributed by atoms with van der Waals surface area (Å²) in [5, 5.41) is 0. The fraction of sp³-hybridized carbons (Fsp3) is 0.368. The van der Waals surface area contributed by atoms with Gasteiger partial charge < -0.3 is 4.74 Å². The SMILES string of the molecule is O=S1(=O)CCO[C@H]2Cc3ccccc3[C@H]2N1Cc1cccc(C(F)(F)F)c1. The molecule has 0 amide bonds. The molecule has 0 saturated carbocycles. The van der Waals surface area contributed by atoms with Crippen molar-refractivity contribution in [2.45, 2.75) is 31.3 Å². The minimum Gasteiger partial charge on any atom is -0.375 e. The highest BCUT2D eigenvalue weighted by atomic mass is 32.2. The smallest absolute Gasteiger partial charge is 0.375 e. The van der Waals surface area contributed by atoms with Gasteiger partial charge in [0.1, 0.15) is 0 Å². The Morgan fingerprint density at radius 3 is 2.67 bits per heavy atom. The second kappa shape index (κ2) is 6.61. The molecule has 0 radical (unpaired) electrons. The van der Waals surface area contributed by atoms with Crippen molar-refractivity contribution >= 4 is 10.0 Å². The van der Waals surface area contributed by atoms with Gasteiger partial charge in [-0.1, -0.05) is 42.5 Å². The van der Waals surface area contributed by atoms with E-state index in [9.17, 15) is 21.6 Å². The molecule has 2 aromatic carbocycles. The van der Waals surface area contributed by atoms with Crippen molar-refractivity contribution in [3.8, 4) is 0 Å². The lowest BCUT2D eigenvalue weighted by Gasteiger charge is -2.29. The summed E-state index contributed by atoms with van der Waals surface area (Å²) < 4.78 is 71.9. The Hall–Kier alpha value is -1.90. The zero-order valence-electron chi connectivity index (χ0n) is 14.3. The highest BCUT2D eigenvalue weighted by Gasteiger charge is 2.44. The van der Waals surface area contributed by atoms with Gasteiger partial charge in [-0.2, -0.15) is 17.5 Å². The van der Waals surface area contributed by atoms with Crippen LogP contribution in [0.2, 0.25) is 0 Å². The van der Waals surface area contributed by atoms with Crippen molar-refractivity contribution in [3.63, 3.8) is 0 Å². The number of hydrogen-bond donors (Lipinski definition) is 0. The van der Waals surface area contributed by atoms with Crippen LogP contribution in [0.5, 0.6) is 0 Å². The van der Waals surface area contributed by atoms with E-state index < -0.39 is 27.8 Å². The van der Waals surface area contributed by atoms with Crippen LogP contribution in [-0.4, -0.2) is 31.2 Å². The van der Waals surface area contributed by atoms with Gasteiger partial charge in [-0.25, -0.2) is 8.42 Å². The molecular weight excluding hydrogens is 379 g/mol. The Bertz CT molecular complexity index is 959. The molecule has 2 aliphatic rings. The number of hydrogen-bond acceptors (Lipinski definition) is 3. The summed E-state index contributed by atoms with van der Waals surface area (Å²) in [4.78, 5) is 0. The maximum Gasteiger partial charge on any atom is 0.416 e. The average molecular weight is 397 g/mol. The number of ether oxygens (including phenoxy) is 1. The van der Waals surface area contributed by atoms with Gasteiger partial charge in [-0.3, -0.25) is 0 Å². The zero-order chi connectivity index (χ0) is 19.2. The molecule has 0 aromatic heterocycles. The van der Waals surface area contributed by atoms with Gasteiger partial charge in [0.15, 0.2) is 0 Å². The summed E-state index contributed by atoms with van der Waals surface area (Å²) in [7, 11) is -3.68. The van der Waals surface area contributed by atoms with Gasteiger partial charge in [0.05, 0.1) is 30.1 Å². The number of fused-ring (bicyclic) bond motifs is 3. The van der Waals surface area contributed by atoms with Crippen LogP contribution in [0.1, 0.15) is 28.3 Å². The van der Waals surface area contributed by atoms with Crippen molar-refractivity contribution in [2.24, 2.45) is 0 Å². The predicted molar refractivity (Wildman–Crippen MR) is 93.4 cm³/mol. The van der Waals surface area contributed by atoms with Crippen LogP contribution < -0.4 is 0 Å². The Labute approximate surface area is 155 Å². The molecule has 0 bridgehead atoms. The van der Waals surface area contributed by atoms with E-state index in [4.69, 9.17) is 4.74 Å². The van der Waals surface area contributed by atoms with Crippen LogP contribution in [0.3, 0.4) is 0 Å². The van der Waals surface area contributed by atoms with E-state index >= 15 is 0 Å². The van der Waals surface area contributed by atoms with Crippen LogP contribution in [0.4, 0.5) is 13.2 Å². The Morgan fingerprint density at radius 2 is 1.89 bits per heavy atom. The molecule has 0 N–H and O–H groups in total. The Morgan fingerprint density at radius 1 is 1.11 bits per heavy atom. The molecule has 1 saturated heterocycles. The quantitative estimate of drug-likeness (QED) is 0.779. The van der Waals surface area contributed by atoms with E-state index in [2.05, 4.69) is 0 Å². The van der Waals surface area contributed by atoms with Crippen LogP contribution in [0, 0.1) is 0 Å². The molecule has 1 fully saturated rings. The van der Waals surface area contributed by atoms with Crippen LogP contribution in [0.15, 0.2) is 48.5 Å². The van der Waals surface area contributed by atoms with E-state index in [0.717, 1.165) is 23.3 Å². The standard InChI is InChI=1S/C19H18F3NO3S/c20-19(21,22)15-6-3-4-13(10-15)12-23-18-16-7-2-1-5-14(16)11-17(18)26-8-9-27(23,24)25/h1-7,10,17-18H,8-9,11-12H2/t17-,18+/m0/s1. The number of rotatable bonds is 2. The molecule has 0 unspecified atom stereocenters. The monoisotopic (exact) mass is 397 g/mol. The number of benzene rings is 2. The zero-order valence-corrected chi connectivity index (χ0v) is 15.1. The summed E-state index contributed by atoms with van der Waals surface area (Å²) >= 11 is 0. The first-order chi connectivity index (χ1) is 12.8. The number of nitrogens with zero attached hydrogens (tertiary/aromatic N) is 1. The normalized spacial score (nSPS) is 24.9. The molecule has 1 aliphatic carbocycles. The van der Waals surface area contributed by atoms with E-state index in [1.54, 1.807) is 0 Å². The van der Waals surface area contributed by atoms with E-state index in [1.165, 1.54) is 16.4 Å². The molecule has 8 heteroatoms. The van der Waals surface area contributed by atoms with Crippen molar-refractivity contribution in [2.75, 3.05) is 12.4 Å². The molecule has 4 nitrogen and oxygen atoms in total. The van der Waals surface area contributed by atoms with Crippen molar-refractivity contribution in [3.05, 3.63) is 70.8 Å². The maximum atomic E-state index is 13.0. The highest BCUT2D eigenvalue weighted by Crippen LogP contribution is 2.41. The fourth-order valence-corrected chi connectivity index (χ4v) is 5.33. The van der Waals surface area contributed by atoms with Gasteiger partial charge in [0.25, 0.3) is 0 Å². The van der Waals surface area contributed by atoms with Gasteiger partial charge in [-0.15, -0.1) is 0 Å². The second-order valence-corrected chi connectivity index (χ2v) is 8.86. The molecule has 4 rings (SSSR count).